The molecule has 14 heteroatoms. The molecule has 3 aromatic rings. The van der Waals surface area contributed by atoms with Crippen LogP contribution in [0, 0.1) is 5.92 Å². The number of nitrogens with one attached hydrogen (secondary N) is 3. The third-order valence-electron chi connectivity index (χ3n) is 7.05. The fourth-order valence-electron chi connectivity index (χ4n) is 4.66. The van der Waals surface area contributed by atoms with Gasteiger partial charge in [0.15, 0.2) is 5.82 Å². The van der Waals surface area contributed by atoms with Crippen molar-refractivity contribution in [3.05, 3.63) is 60.1 Å². The Hall–Kier alpha value is -4.01. The highest BCUT2D eigenvalue weighted by molar-refractivity contribution is 7.85. The number of quaternary nitrogens is 1. The molecule has 0 spiro atoms. The largest absolute Gasteiger partial charge is 0.491 e. The van der Waals surface area contributed by atoms with Crippen molar-refractivity contribution >= 4 is 39.2 Å². The summed E-state index contributed by atoms with van der Waals surface area (Å²) in [7, 11) is -3.60. The van der Waals surface area contributed by atoms with Gasteiger partial charge in [0.1, 0.15) is 36.3 Å². The molecule has 0 saturated carbocycles. The summed E-state index contributed by atoms with van der Waals surface area (Å²) < 4.78 is 40.2. The van der Waals surface area contributed by atoms with E-state index in [1.54, 1.807) is 42.5 Å². The molecule has 0 aliphatic carbocycles. The molecule has 3 amide bonds. The van der Waals surface area contributed by atoms with E-state index in [1.807, 2.05) is 34.6 Å². The number of hydroxylamine groups is 3. The molecule has 3 N–H and O–H groups in total. The summed E-state index contributed by atoms with van der Waals surface area (Å²) in [6.45, 7) is 11.3. The van der Waals surface area contributed by atoms with E-state index in [0.29, 0.717) is 48.4 Å². The lowest BCUT2D eigenvalue weighted by atomic mass is 9.93. The lowest BCUT2D eigenvalue weighted by Gasteiger charge is -2.33. The fraction of sp³-hybridized carbons (Fsp3) is 0.448. The maximum absolute atomic E-state index is 12.7. The predicted molar refractivity (Wildman–Crippen MR) is 161 cm³/mol. The zero-order valence-electron chi connectivity index (χ0n) is 25.2. The maximum atomic E-state index is 12.7. The van der Waals surface area contributed by atoms with E-state index in [1.165, 1.54) is 6.20 Å². The summed E-state index contributed by atoms with van der Waals surface area (Å²) in [6.07, 6.45) is 3.31. The molecular formula is C29H39N6O7S+. The van der Waals surface area contributed by atoms with Crippen molar-refractivity contribution in [1.29, 1.82) is 0 Å². The fourth-order valence-corrected chi connectivity index (χ4v) is 5.51. The molecule has 43 heavy (non-hydrogen) atoms. The van der Waals surface area contributed by atoms with Gasteiger partial charge < -0.3 is 19.9 Å². The van der Waals surface area contributed by atoms with Gasteiger partial charge in [-0.05, 0) is 50.2 Å². The average molecular weight is 616 g/mol. The summed E-state index contributed by atoms with van der Waals surface area (Å²) in [6, 6.07) is 11.0. The normalized spacial score (nSPS) is 18.8. The van der Waals surface area contributed by atoms with Gasteiger partial charge in [0.05, 0.1) is 25.0 Å². The number of amides is 3. The molecule has 0 radical (unpaired) electrons. The topological polar surface area (TPSA) is 162 Å². The van der Waals surface area contributed by atoms with Gasteiger partial charge in [0.2, 0.25) is 0 Å². The van der Waals surface area contributed by atoms with Gasteiger partial charge in [-0.15, -0.1) is 0 Å². The molecule has 232 valence electrons. The van der Waals surface area contributed by atoms with E-state index in [9.17, 15) is 18.0 Å². The van der Waals surface area contributed by atoms with Crippen LogP contribution in [0.3, 0.4) is 0 Å². The van der Waals surface area contributed by atoms with E-state index in [0.717, 1.165) is 12.7 Å². The van der Waals surface area contributed by atoms with Crippen molar-refractivity contribution in [2.75, 3.05) is 41.9 Å². The average Bonchev–Trinajstić information content (AvgIpc) is 3.56. The highest BCUT2D eigenvalue weighted by Gasteiger charge is 2.46. The Bertz CT molecular complexity index is 1530. The van der Waals surface area contributed by atoms with Crippen LogP contribution in [0.1, 0.15) is 57.3 Å². The highest BCUT2D eigenvalue weighted by Crippen LogP contribution is 2.30. The quantitative estimate of drug-likeness (QED) is 0.273. The van der Waals surface area contributed by atoms with Crippen molar-refractivity contribution in [1.82, 2.24) is 10.1 Å². The number of benzene rings is 1. The maximum Gasteiger partial charge on any atom is 0.324 e. The number of anilines is 3. The summed E-state index contributed by atoms with van der Waals surface area (Å²) in [4.78, 5) is 29.2. The van der Waals surface area contributed by atoms with E-state index in [-0.39, 0.29) is 27.7 Å². The van der Waals surface area contributed by atoms with Crippen molar-refractivity contribution in [2.24, 2.45) is 5.92 Å². The first-order chi connectivity index (χ1) is 20.1. The number of aromatic nitrogens is 2. The number of carbonyl (C=O) groups is 2. The Morgan fingerprint density at radius 2 is 1.74 bits per heavy atom. The van der Waals surface area contributed by atoms with E-state index < -0.39 is 22.1 Å². The van der Waals surface area contributed by atoms with Crippen LogP contribution < -0.4 is 20.7 Å². The minimum absolute atomic E-state index is 0.0153. The smallest absolute Gasteiger partial charge is 0.324 e. The number of hydrogen-bond donors (Lipinski definition) is 3. The molecule has 3 heterocycles. The summed E-state index contributed by atoms with van der Waals surface area (Å²) in [5.74, 6) is 1.17. The number of likely N-dealkylation sites (tertiary alicyclic amines) is 1. The van der Waals surface area contributed by atoms with Crippen LogP contribution in [-0.2, 0) is 19.8 Å². The van der Waals surface area contributed by atoms with Crippen molar-refractivity contribution < 1.29 is 36.2 Å². The molecule has 13 nitrogen and oxygen atoms in total. The number of hydrogen-bond acceptors (Lipinski definition) is 9. The molecule has 4 rings (SSSR count). The van der Waals surface area contributed by atoms with Crippen molar-refractivity contribution in [3.8, 4) is 5.75 Å². The van der Waals surface area contributed by atoms with Gasteiger partial charge in [0, 0.05) is 29.3 Å². The molecule has 1 unspecified atom stereocenters. The van der Waals surface area contributed by atoms with Crippen LogP contribution in [0.15, 0.2) is 53.2 Å². The molecule has 1 aliphatic heterocycles. The Kier molecular flexibility index (Phi) is 9.42. The molecule has 2 aromatic heterocycles. The molecule has 1 saturated heterocycles. The Morgan fingerprint density at radius 3 is 2.30 bits per heavy atom. The zero-order valence-corrected chi connectivity index (χ0v) is 26.0. The molecule has 1 aliphatic rings. The van der Waals surface area contributed by atoms with Crippen LogP contribution in [0.4, 0.5) is 22.0 Å². The number of rotatable bonds is 10. The van der Waals surface area contributed by atoms with Crippen LogP contribution in [0.5, 0.6) is 5.75 Å². The molecule has 2 atom stereocenters. The van der Waals surface area contributed by atoms with Gasteiger partial charge in [0.25, 0.3) is 5.91 Å². The Labute approximate surface area is 251 Å². The first kappa shape index (κ1) is 31.9. The van der Waals surface area contributed by atoms with Gasteiger partial charge in [-0.2, -0.15) is 13.1 Å². The summed E-state index contributed by atoms with van der Waals surface area (Å²) >= 11 is 0. The first-order valence-corrected chi connectivity index (χ1v) is 15.8. The SMILES string of the molecule is CC(C)[N+]1(OS(C)(=O)=O)CC[C@@H](COc2ccc(C(=O)Nc3ccc(NC(=O)Nc4cc(C(C)(C)C)on4)cc3)nc2)C1. The van der Waals surface area contributed by atoms with Gasteiger partial charge in [-0.3, -0.25) is 10.1 Å². The van der Waals surface area contributed by atoms with Crippen molar-refractivity contribution in [2.45, 2.75) is 52.5 Å². The van der Waals surface area contributed by atoms with E-state index in [4.69, 9.17) is 13.5 Å². The third kappa shape index (κ3) is 8.75. The number of ether oxygens (including phenoxy) is 1. The van der Waals surface area contributed by atoms with Gasteiger partial charge in [-0.25, -0.2) is 9.78 Å². The lowest BCUT2D eigenvalue weighted by molar-refractivity contribution is -1.09. The second-order valence-electron chi connectivity index (χ2n) is 12.0. The predicted octanol–water partition coefficient (Wildman–Crippen LogP) is 4.78. The van der Waals surface area contributed by atoms with Crippen LogP contribution >= 0.6 is 0 Å². The number of nitrogens with zero attached hydrogens (tertiary/aromatic N) is 3. The second-order valence-corrected chi connectivity index (χ2v) is 13.6. The number of carbonyl (C=O) groups excluding carboxylic acids is 2. The Morgan fingerprint density at radius 1 is 1.07 bits per heavy atom. The van der Waals surface area contributed by atoms with E-state index in [2.05, 4.69) is 26.1 Å². The molecular weight excluding hydrogens is 576 g/mol. The van der Waals surface area contributed by atoms with Crippen LogP contribution in [-0.4, -0.2) is 67.1 Å². The lowest BCUT2D eigenvalue weighted by Crippen LogP contribution is -2.52. The minimum atomic E-state index is -3.60. The Balaban J connectivity index is 1.24. The third-order valence-corrected chi connectivity index (χ3v) is 7.62. The standard InChI is InChI=1S/C29H38N6O7S/c1-19(2)35(42-43(6,38)39)14-13-20(17-35)18-40-23-11-12-24(30-16-23)27(36)31-21-7-9-22(10-8-21)32-28(37)33-26-15-25(41-34-26)29(3,4)5/h7-12,15-16,19-20H,13-14,17-18H2,1-6H3,(H2-,30,31,32,33,34,36,37)/p+1/t20-,35?/m1/s1. The monoisotopic (exact) mass is 615 g/mol. The van der Waals surface area contributed by atoms with Gasteiger partial charge >= 0.3 is 16.1 Å². The first-order valence-electron chi connectivity index (χ1n) is 14.0. The van der Waals surface area contributed by atoms with Gasteiger partial charge in [-0.1, -0.05) is 30.2 Å². The molecule has 0 bridgehead atoms. The molecule has 1 aromatic carbocycles. The summed E-state index contributed by atoms with van der Waals surface area (Å²) in [5, 5.41) is 12.0. The molecule has 1 fully saturated rings. The highest BCUT2D eigenvalue weighted by atomic mass is 32.2. The van der Waals surface area contributed by atoms with Crippen molar-refractivity contribution in [3.63, 3.8) is 0 Å². The van der Waals surface area contributed by atoms with Crippen LogP contribution in [0.2, 0.25) is 0 Å². The second kappa shape index (κ2) is 12.7. The zero-order chi connectivity index (χ0) is 31.4. The number of urea groups is 1. The summed E-state index contributed by atoms with van der Waals surface area (Å²) in [5.41, 5.74) is 1.01. The number of pyridine rings is 1. The minimum Gasteiger partial charge on any atom is -0.491 e. The van der Waals surface area contributed by atoms with Crippen LogP contribution in [0.25, 0.3) is 0 Å². The van der Waals surface area contributed by atoms with E-state index >= 15 is 0 Å².